The van der Waals surface area contributed by atoms with Crippen LogP contribution in [-0.4, -0.2) is 10.1 Å². The number of benzene rings is 2. The van der Waals surface area contributed by atoms with Crippen molar-refractivity contribution in [1.29, 1.82) is 0 Å². The minimum atomic E-state index is 0.288. The molecule has 0 radical (unpaired) electrons. The Morgan fingerprint density at radius 2 is 1.89 bits per heavy atom. The van der Waals surface area contributed by atoms with Crippen molar-refractivity contribution >= 4 is 38.6 Å². The van der Waals surface area contributed by atoms with Gasteiger partial charge in [0.25, 0.3) is 0 Å². The first-order valence-corrected chi connectivity index (χ1v) is 7.07. The SMILES string of the molecule is Oc1ccc2[nH]cc(Sc3ccccc3Br)c2c1. The first-order chi connectivity index (χ1) is 8.74. The maximum absolute atomic E-state index is 9.56. The summed E-state index contributed by atoms with van der Waals surface area (Å²) in [5.41, 5.74) is 1.03. The molecule has 0 fully saturated rings. The van der Waals surface area contributed by atoms with Crippen molar-refractivity contribution in [2.45, 2.75) is 9.79 Å². The van der Waals surface area contributed by atoms with Crippen LogP contribution >= 0.6 is 27.7 Å². The molecule has 0 unspecified atom stereocenters. The summed E-state index contributed by atoms with van der Waals surface area (Å²) in [6, 6.07) is 13.4. The van der Waals surface area contributed by atoms with Gasteiger partial charge in [-0.2, -0.15) is 0 Å². The molecule has 0 spiro atoms. The highest BCUT2D eigenvalue weighted by Crippen LogP contribution is 2.37. The van der Waals surface area contributed by atoms with E-state index in [9.17, 15) is 5.11 Å². The second-order valence-corrected chi connectivity index (χ2v) is 5.85. The molecule has 0 aliphatic rings. The first-order valence-electron chi connectivity index (χ1n) is 5.46. The Balaban J connectivity index is 2.05. The van der Waals surface area contributed by atoms with Crippen molar-refractivity contribution in [2.75, 3.05) is 0 Å². The largest absolute Gasteiger partial charge is 0.508 e. The van der Waals surface area contributed by atoms with Gasteiger partial charge in [0.1, 0.15) is 5.75 Å². The Bertz CT molecular complexity index is 708. The average molecular weight is 320 g/mol. The van der Waals surface area contributed by atoms with Gasteiger partial charge in [-0.15, -0.1) is 0 Å². The van der Waals surface area contributed by atoms with Crippen LogP contribution in [0.2, 0.25) is 0 Å². The van der Waals surface area contributed by atoms with Gasteiger partial charge in [-0.1, -0.05) is 23.9 Å². The Kier molecular flexibility index (Phi) is 3.06. The maximum atomic E-state index is 9.56. The highest BCUT2D eigenvalue weighted by Gasteiger charge is 2.08. The number of aromatic amines is 1. The molecule has 18 heavy (non-hydrogen) atoms. The predicted octanol–water partition coefficient (Wildman–Crippen LogP) is 4.79. The fourth-order valence-corrected chi connectivity index (χ4v) is 3.29. The van der Waals surface area contributed by atoms with Crippen LogP contribution < -0.4 is 0 Å². The molecule has 0 saturated carbocycles. The van der Waals surface area contributed by atoms with E-state index >= 15 is 0 Å². The van der Waals surface area contributed by atoms with Gasteiger partial charge in [-0.05, 0) is 46.3 Å². The van der Waals surface area contributed by atoms with Crippen LogP contribution in [0.1, 0.15) is 0 Å². The molecule has 1 aromatic heterocycles. The molecule has 4 heteroatoms. The number of phenolic OH excluding ortho intramolecular Hbond substituents is 1. The summed E-state index contributed by atoms with van der Waals surface area (Å²) in [4.78, 5) is 5.47. The van der Waals surface area contributed by atoms with Crippen molar-refractivity contribution in [3.63, 3.8) is 0 Å². The van der Waals surface area contributed by atoms with Crippen LogP contribution in [0.5, 0.6) is 5.75 Å². The second-order valence-electron chi connectivity index (χ2n) is 3.92. The van der Waals surface area contributed by atoms with Crippen LogP contribution in [0.3, 0.4) is 0 Å². The summed E-state index contributed by atoms with van der Waals surface area (Å²) < 4.78 is 1.07. The Labute approximate surface area is 117 Å². The summed E-state index contributed by atoms with van der Waals surface area (Å²) in [5.74, 6) is 0.288. The van der Waals surface area contributed by atoms with Crippen LogP contribution in [0.15, 0.2) is 62.9 Å². The van der Waals surface area contributed by atoms with Gasteiger partial charge < -0.3 is 10.1 Å². The first kappa shape index (κ1) is 11.7. The molecule has 0 aliphatic carbocycles. The van der Waals surface area contributed by atoms with E-state index in [1.54, 1.807) is 23.9 Å². The van der Waals surface area contributed by atoms with Gasteiger partial charge in [0, 0.05) is 31.4 Å². The molecule has 1 heterocycles. The Hall–Kier alpha value is -1.39. The quantitative estimate of drug-likeness (QED) is 0.712. The van der Waals surface area contributed by atoms with Crippen LogP contribution in [0, 0.1) is 0 Å². The molecular formula is C14H10BrNOS. The number of H-pyrrole nitrogens is 1. The third-order valence-electron chi connectivity index (χ3n) is 2.68. The van der Waals surface area contributed by atoms with E-state index in [1.807, 2.05) is 30.5 Å². The normalized spacial score (nSPS) is 10.9. The fraction of sp³-hybridized carbons (Fsp3) is 0. The van der Waals surface area contributed by atoms with Crippen molar-refractivity contribution < 1.29 is 5.11 Å². The van der Waals surface area contributed by atoms with Gasteiger partial charge in [-0.3, -0.25) is 0 Å². The van der Waals surface area contributed by atoms with E-state index in [4.69, 9.17) is 0 Å². The second kappa shape index (κ2) is 4.71. The van der Waals surface area contributed by atoms with Crippen LogP contribution in [-0.2, 0) is 0 Å². The number of hydrogen-bond donors (Lipinski definition) is 2. The number of aromatic hydroxyl groups is 1. The molecule has 0 amide bonds. The Morgan fingerprint density at radius 1 is 1.06 bits per heavy atom. The molecule has 0 saturated heterocycles. The molecule has 0 bridgehead atoms. The molecule has 2 nitrogen and oxygen atoms in total. The van der Waals surface area contributed by atoms with E-state index < -0.39 is 0 Å². The lowest BCUT2D eigenvalue weighted by Crippen LogP contribution is -1.74. The van der Waals surface area contributed by atoms with E-state index in [-0.39, 0.29) is 5.75 Å². The lowest BCUT2D eigenvalue weighted by molar-refractivity contribution is 0.476. The van der Waals surface area contributed by atoms with Crippen molar-refractivity contribution in [2.24, 2.45) is 0 Å². The topological polar surface area (TPSA) is 36.0 Å². The molecular weight excluding hydrogens is 310 g/mol. The number of phenols is 1. The van der Waals surface area contributed by atoms with E-state index in [2.05, 4.69) is 27.0 Å². The highest BCUT2D eigenvalue weighted by molar-refractivity contribution is 9.10. The lowest BCUT2D eigenvalue weighted by atomic mass is 10.2. The summed E-state index contributed by atoms with van der Waals surface area (Å²) in [6.45, 7) is 0. The van der Waals surface area contributed by atoms with E-state index in [1.165, 1.54) is 0 Å². The van der Waals surface area contributed by atoms with Gasteiger partial charge in [-0.25, -0.2) is 0 Å². The minimum absolute atomic E-state index is 0.288. The zero-order valence-electron chi connectivity index (χ0n) is 9.35. The number of nitrogens with one attached hydrogen (secondary N) is 1. The van der Waals surface area contributed by atoms with Crippen molar-refractivity contribution in [3.05, 3.63) is 53.1 Å². The van der Waals surface area contributed by atoms with Gasteiger partial charge in [0.15, 0.2) is 0 Å². The summed E-state index contributed by atoms with van der Waals surface area (Å²) in [7, 11) is 0. The monoisotopic (exact) mass is 319 g/mol. The predicted molar refractivity (Wildman–Crippen MR) is 78.2 cm³/mol. The van der Waals surface area contributed by atoms with E-state index in [0.29, 0.717) is 0 Å². The molecule has 3 rings (SSSR count). The zero-order chi connectivity index (χ0) is 12.5. The zero-order valence-corrected chi connectivity index (χ0v) is 11.8. The van der Waals surface area contributed by atoms with E-state index in [0.717, 1.165) is 25.2 Å². The molecule has 3 aromatic rings. The fourth-order valence-electron chi connectivity index (χ4n) is 1.81. The molecule has 0 atom stereocenters. The van der Waals surface area contributed by atoms with Gasteiger partial charge >= 0.3 is 0 Å². The summed E-state index contributed by atoms with van der Waals surface area (Å²) in [5, 5.41) is 10.6. The minimum Gasteiger partial charge on any atom is -0.508 e. The molecule has 90 valence electrons. The maximum Gasteiger partial charge on any atom is 0.116 e. The smallest absolute Gasteiger partial charge is 0.116 e. The highest BCUT2D eigenvalue weighted by atomic mass is 79.9. The number of halogens is 1. The molecule has 2 N–H and O–H groups in total. The number of fused-ring (bicyclic) bond motifs is 1. The molecule has 0 aliphatic heterocycles. The summed E-state index contributed by atoms with van der Waals surface area (Å²) in [6.07, 6.45) is 1.97. The standard InChI is InChI=1S/C14H10BrNOS/c15-11-3-1-2-4-13(11)18-14-8-16-12-6-5-9(17)7-10(12)14/h1-8,16-17H. The summed E-state index contributed by atoms with van der Waals surface area (Å²) >= 11 is 5.21. The number of aromatic nitrogens is 1. The van der Waals surface area contributed by atoms with Crippen molar-refractivity contribution in [3.8, 4) is 5.75 Å². The van der Waals surface area contributed by atoms with Crippen LogP contribution in [0.25, 0.3) is 10.9 Å². The number of rotatable bonds is 2. The van der Waals surface area contributed by atoms with Gasteiger partial charge in [0.05, 0.1) is 0 Å². The average Bonchev–Trinajstić information content (AvgIpc) is 2.75. The third kappa shape index (κ3) is 2.13. The lowest BCUT2D eigenvalue weighted by Gasteiger charge is -2.02. The third-order valence-corrected chi connectivity index (χ3v) is 4.77. The molecule has 2 aromatic carbocycles. The number of hydrogen-bond acceptors (Lipinski definition) is 2. The van der Waals surface area contributed by atoms with Crippen molar-refractivity contribution in [1.82, 2.24) is 4.98 Å². The van der Waals surface area contributed by atoms with Gasteiger partial charge in [0.2, 0.25) is 0 Å². The van der Waals surface area contributed by atoms with Crippen LogP contribution in [0.4, 0.5) is 0 Å². The Morgan fingerprint density at radius 3 is 2.72 bits per heavy atom.